The van der Waals surface area contributed by atoms with Gasteiger partial charge in [-0.1, -0.05) is 75.3 Å². The number of rotatable bonds is 16. The van der Waals surface area contributed by atoms with Gasteiger partial charge in [-0.05, 0) is 74.9 Å². The molecule has 6 heterocycles. The largest absolute Gasteiger partial charge is 0.482 e. The van der Waals surface area contributed by atoms with E-state index in [1.807, 2.05) is 75.9 Å². The molecule has 6 aromatic rings. The highest BCUT2D eigenvalue weighted by atomic mass is 35.5. The molecule has 1 saturated heterocycles. The van der Waals surface area contributed by atoms with Gasteiger partial charge in [-0.15, -0.1) is 32.9 Å². The van der Waals surface area contributed by atoms with Gasteiger partial charge in [0.25, 0.3) is 5.91 Å². The zero-order chi connectivity index (χ0) is 51.9. The molecule has 5 atom stereocenters. The number of carbonyl (C=O) groups excluding carboxylic acids is 3. The van der Waals surface area contributed by atoms with Gasteiger partial charge < -0.3 is 35.4 Å². The van der Waals surface area contributed by atoms with E-state index >= 15 is 0 Å². The molecule has 382 valence electrons. The lowest BCUT2D eigenvalue weighted by Gasteiger charge is -2.36. The third-order valence-corrected chi connectivity index (χ3v) is 16.2. The number of aromatic nitrogens is 5. The number of hydrogen-bond donors (Lipinski definition) is 4. The van der Waals surface area contributed by atoms with Crippen LogP contribution >= 0.6 is 34.3 Å². The number of β-amino-alcohol motifs (C(OH)–C–C–N with tert-alkyl or cyclic N) is 1. The molecular formula is C54H61ClN10O6S2. The molecule has 16 nitrogen and oxygen atoms in total. The molecule has 9 rings (SSSR count). The van der Waals surface area contributed by atoms with Crippen molar-refractivity contribution in [2.24, 2.45) is 10.4 Å². The maximum Gasteiger partial charge on any atom is 0.258 e. The summed E-state index contributed by atoms with van der Waals surface area (Å²) in [6, 6.07) is 17.0. The first-order valence-corrected chi connectivity index (χ1v) is 26.5. The molecule has 2 fully saturated rings. The molecule has 19 heteroatoms. The Morgan fingerprint density at radius 2 is 1.66 bits per heavy atom. The first-order chi connectivity index (χ1) is 34.8. The van der Waals surface area contributed by atoms with E-state index in [0.29, 0.717) is 47.4 Å². The van der Waals surface area contributed by atoms with Crippen LogP contribution in [-0.2, 0) is 14.4 Å². The van der Waals surface area contributed by atoms with Gasteiger partial charge in [0.2, 0.25) is 17.7 Å². The second kappa shape index (κ2) is 21.2. The van der Waals surface area contributed by atoms with Crippen molar-refractivity contribution < 1.29 is 29.0 Å². The minimum absolute atomic E-state index is 0.0843. The minimum Gasteiger partial charge on any atom is -0.482 e. The van der Waals surface area contributed by atoms with E-state index in [9.17, 15) is 19.5 Å². The van der Waals surface area contributed by atoms with Gasteiger partial charge >= 0.3 is 0 Å². The number of nitrogens with zero attached hydrogens (tertiary/aromatic N) is 7. The average molecular weight is 1050 g/mol. The molecule has 4 aromatic heterocycles. The third-order valence-electron chi connectivity index (χ3n) is 13.8. The van der Waals surface area contributed by atoms with Gasteiger partial charge in [0.15, 0.2) is 12.4 Å². The van der Waals surface area contributed by atoms with Crippen LogP contribution in [0.3, 0.4) is 0 Å². The van der Waals surface area contributed by atoms with Crippen LogP contribution in [0.1, 0.15) is 110 Å². The Balaban J connectivity index is 0.750. The van der Waals surface area contributed by atoms with Crippen molar-refractivity contribution in [3.8, 4) is 27.1 Å². The molecular weight excluding hydrogens is 984 g/mol. The summed E-state index contributed by atoms with van der Waals surface area (Å²) < 4.78 is 14.0. The second-order valence-corrected chi connectivity index (χ2v) is 22.7. The zero-order valence-corrected chi connectivity index (χ0v) is 44.6. The molecule has 0 spiro atoms. The van der Waals surface area contributed by atoms with Crippen LogP contribution in [-0.4, -0.2) is 102 Å². The maximum absolute atomic E-state index is 14.3. The van der Waals surface area contributed by atoms with E-state index in [2.05, 4.69) is 80.8 Å². The minimum atomic E-state index is -0.915. The number of halogens is 1. The van der Waals surface area contributed by atoms with Crippen LogP contribution < -0.4 is 25.4 Å². The van der Waals surface area contributed by atoms with Crippen molar-refractivity contribution in [2.45, 2.75) is 123 Å². The molecule has 4 N–H and O–H groups in total. The Morgan fingerprint density at radius 1 is 0.932 bits per heavy atom. The highest BCUT2D eigenvalue weighted by Crippen LogP contribution is 2.40. The van der Waals surface area contributed by atoms with Crippen molar-refractivity contribution in [3.63, 3.8) is 0 Å². The Morgan fingerprint density at radius 3 is 2.33 bits per heavy atom. The molecule has 0 bridgehead atoms. The number of benzene rings is 2. The van der Waals surface area contributed by atoms with Crippen LogP contribution in [0.25, 0.3) is 15.4 Å². The number of aliphatic hydroxyl groups excluding tert-OH is 1. The van der Waals surface area contributed by atoms with Gasteiger partial charge in [0.1, 0.15) is 34.8 Å². The Bertz CT molecular complexity index is 3050. The maximum atomic E-state index is 14.3. The quantitative estimate of drug-likeness (QED) is 0.0726. The summed E-state index contributed by atoms with van der Waals surface area (Å²) in [6.07, 6.45) is 2.17. The summed E-state index contributed by atoms with van der Waals surface area (Å²) in [5.74, 6) is 1.12. The molecule has 0 radical (unpaired) electrons. The Kier molecular flexibility index (Phi) is 14.9. The summed E-state index contributed by atoms with van der Waals surface area (Å²) in [4.78, 5) is 59.3. The lowest BCUT2D eigenvalue weighted by atomic mass is 9.85. The first kappa shape index (κ1) is 51.4. The number of aliphatic imine (C=N–C) groups is 1. The molecule has 73 heavy (non-hydrogen) atoms. The molecule has 2 aromatic carbocycles. The highest BCUT2D eigenvalue weighted by Gasteiger charge is 2.43. The summed E-state index contributed by atoms with van der Waals surface area (Å²) in [7, 11) is 0. The Hall–Kier alpha value is -6.47. The lowest BCUT2D eigenvalue weighted by molar-refractivity contribution is -0.140. The Labute approximate surface area is 438 Å². The number of fused-ring (bicyclic) bond motifs is 3. The SMILES string of the molecule is C=C(N[C@@H](C)c1ccc(-c2scnc2C)cc1)[C@@H]1C[C@@H](O)CN1C(=O)[C@@H](NC(=O)COc1ccc(OC2CC(NC(=O)CC3N=C(c4ccc(Cl)cc4)c4c(sc(C)c4C)-n4c(C)nnc43)C2)nc1)C(C)(C)C. The number of carbonyl (C=O) groups is 3. The number of aliphatic hydroxyl groups is 1. The predicted molar refractivity (Wildman–Crippen MR) is 284 cm³/mol. The van der Waals surface area contributed by atoms with Crippen molar-refractivity contribution in [1.29, 1.82) is 0 Å². The highest BCUT2D eigenvalue weighted by molar-refractivity contribution is 7.15. The third kappa shape index (κ3) is 11.2. The van der Waals surface area contributed by atoms with Gasteiger partial charge in [0.05, 0.1) is 46.6 Å². The van der Waals surface area contributed by atoms with Crippen LogP contribution in [0.5, 0.6) is 11.6 Å². The molecule has 1 aliphatic carbocycles. The molecule has 2 aliphatic heterocycles. The van der Waals surface area contributed by atoms with Gasteiger partial charge in [-0.25, -0.2) is 9.97 Å². The number of aryl methyl sites for hydroxylation is 3. The summed E-state index contributed by atoms with van der Waals surface area (Å²) in [5.41, 5.74) is 8.74. The van der Waals surface area contributed by atoms with Crippen molar-refractivity contribution in [2.75, 3.05) is 13.2 Å². The van der Waals surface area contributed by atoms with E-state index in [1.54, 1.807) is 39.7 Å². The average Bonchev–Trinajstić information content (AvgIpc) is 4.11. The van der Waals surface area contributed by atoms with Crippen LogP contribution in [0.2, 0.25) is 5.02 Å². The zero-order valence-electron chi connectivity index (χ0n) is 42.2. The second-order valence-electron chi connectivity index (χ2n) is 20.2. The fraction of sp³-hybridized carbons (Fsp3) is 0.407. The molecule has 3 amide bonds. The number of hydrogen-bond acceptors (Lipinski definition) is 14. The van der Waals surface area contributed by atoms with E-state index in [-0.39, 0.29) is 49.6 Å². The summed E-state index contributed by atoms with van der Waals surface area (Å²) in [6.45, 7) is 19.8. The number of nitrogens with one attached hydrogen (secondary N) is 3. The fourth-order valence-electron chi connectivity index (χ4n) is 9.58. The number of likely N-dealkylation sites (tertiary alicyclic amines) is 1. The molecule has 1 saturated carbocycles. The smallest absolute Gasteiger partial charge is 0.258 e. The topological polar surface area (TPSA) is 198 Å². The molecule has 1 unspecified atom stereocenters. The summed E-state index contributed by atoms with van der Waals surface area (Å²) >= 11 is 9.54. The van der Waals surface area contributed by atoms with Gasteiger partial charge in [0, 0.05) is 70.7 Å². The number of thiophene rings is 1. The number of thiazole rings is 1. The van der Waals surface area contributed by atoms with E-state index in [4.69, 9.17) is 26.1 Å². The monoisotopic (exact) mass is 1040 g/mol. The van der Waals surface area contributed by atoms with Crippen LogP contribution in [0.15, 0.2) is 89.6 Å². The van der Waals surface area contributed by atoms with Crippen molar-refractivity contribution in [1.82, 2.24) is 45.6 Å². The van der Waals surface area contributed by atoms with Gasteiger partial charge in [-0.3, -0.25) is 23.9 Å². The number of pyridine rings is 1. The van der Waals surface area contributed by atoms with E-state index in [0.717, 1.165) is 54.9 Å². The predicted octanol–water partition coefficient (Wildman–Crippen LogP) is 8.48. The summed E-state index contributed by atoms with van der Waals surface area (Å²) in [5, 5.41) is 30.9. The lowest BCUT2D eigenvalue weighted by Crippen LogP contribution is -2.57. The van der Waals surface area contributed by atoms with Crippen LogP contribution in [0, 0.1) is 33.1 Å². The van der Waals surface area contributed by atoms with Gasteiger partial charge in [-0.2, -0.15) is 0 Å². The van der Waals surface area contributed by atoms with Crippen LogP contribution in [0.4, 0.5) is 0 Å². The van der Waals surface area contributed by atoms with Crippen molar-refractivity contribution in [3.05, 3.63) is 134 Å². The normalized spacial score (nSPS) is 20.1. The van der Waals surface area contributed by atoms with Crippen molar-refractivity contribution >= 4 is 57.7 Å². The number of ether oxygens (including phenoxy) is 2. The number of amides is 3. The fourth-order valence-corrected chi connectivity index (χ4v) is 11.7. The van der Waals surface area contributed by atoms with E-state index in [1.165, 1.54) is 11.1 Å². The molecule has 3 aliphatic rings. The standard InChI is InChI=1S/C54H61ClN10O6S2/c1-28-32(5)73-53-47(28)48(35-14-16-37(55)17-15-35)60-42(51-63-62-33(6)65(51)53)23-44(67)59-38-20-41(21-38)71-46-19-18-40(24-56-46)70-26-45(68)61-50(54(7,8)9)52(69)64-25-39(66)22-43(64)30(3)58-29(2)34-10-12-36(13-11-34)49-31(4)57-27-72-49/h10-19,24,27,29,38-39,41-43,50,58,66H,3,20-23,25-26H2,1-2,4-9H3,(H,59,67)(H,61,68)/t29-,38?,39+,41?,42?,43-,50+/m0/s1. The first-order valence-electron chi connectivity index (χ1n) is 24.5. The van der Waals surface area contributed by atoms with E-state index < -0.39 is 35.6 Å².